The first-order chi connectivity index (χ1) is 14.8. The minimum absolute atomic E-state index is 0.189. The number of pyridine rings is 1. The average Bonchev–Trinajstić information content (AvgIpc) is 2.67. The number of fused-ring (bicyclic) bond motifs is 2. The van der Waals surface area contributed by atoms with Crippen molar-refractivity contribution < 1.29 is 29.7 Å². The van der Waals surface area contributed by atoms with E-state index in [9.17, 15) is 29.7 Å². The van der Waals surface area contributed by atoms with E-state index in [0.717, 1.165) is 0 Å². The summed E-state index contributed by atoms with van der Waals surface area (Å²) in [5.41, 5.74) is 6.93. The van der Waals surface area contributed by atoms with Crippen LogP contribution in [-0.4, -0.2) is 105 Å². The van der Waals surface area contributed by atoms with Crippen molar-refractivity contribution in [2.24, 2.45) is 5.73 Å². The number of carbonyl (C=O) groups is 3. The van der Waals surface area contributed by atoms with Gasteiger partial charge in [-0.15, -0.1) is 0 Å². The maximum absolute atomic E-state index is 11.9. The zero-order chi connectivity index (χ0) is 22.8. The van der Waals surface area contributed by atoms with E-state index in [1.54, 1.807) is 26.8 Å². The number of nitrogens with zero attached hydrogens (tertiary/aromatic N) is 4. The van der Waals surface area contributed by atoms with Crippen molar-refractivity contribution in [3.63, 3.8) is 0 Å². The van der Waals surface area contributed by atoms with Crippen LogP contribution in [-0.2, 0) is 27.5 Å². The molecule has 0 fully saturated rings. The van der Waals surface area contributed by atoms with Gasteiger partial charge in [-0.25, -0.2) is 0 Å². The maximum atomic E-state index is 11.9. The van der Waals surface area contributed by atoms with Crippen LogP contribution in [0.3, 0.4) is 0 Å². The topological polar surface area (TPSA) is 161 Å². The fourth-order valence-electron chi connectivity index (χ4n) is 3.71. The summed E-state index contributed by atoms with van der Waals surface area (Å²) in [4.78, 5) is 44.4. The van der Waals surface area contributed by atoms with Gasteiger partial charge in [-0.05, 0) is 31.5 Å². The summed E-state index contributed by atoms with van der Waals surface area (Å²) in [6, 6.07) is 4.64. The van der Waals surface area contributed by atoms with Gasteiger partial charge < -0.3 is 21.1 Å². The Labute approximate surface area is 181 Å². The van der Waals surface area contributed by atoms with Crippen molar-refractivity contribution in [2.75, 3.05) is 45.8 Å². The van der Waals surface area contributed by atoms with E-state index < -0.39 is 23.9 Å². The third-order valence-electron chi connectivity index (χ3n) is 5.17. The lowest BCUT2D eigenvalue weighted by Gasteiger charge is -2.33. The molecule has 0 radical (unpaired) electrons. The Hall–Kier alpha value is -2.60. The zero-order valence-corrected chi connectivity index (χ0v) is 17.5. The predicted octanol–water partition coefficient (Wildman–Crippen LogP) is -0.637. The summed E-state index contributed by atoms with van der Waals surface area (Å²) in [5, 5.41) is 28.3. The third kappa shape index (κ3) is 8.58. The number of aliphatic carboxylic acids is 3. The molecule has 0 aliphatic carbocycles. The molecule has 1 aliphatic rings. The monoisotopic (exact) mass is 437 g/mol. The Morgan fingerprint density at radius 3 is 1.87 bits per heavy atom. The van der Waals surface area contributed by atoms with Crippen LogP contribution >= 0.6 is 0 Å². The second-order valence-corrected chi connectivity index (χ2v) is 7.65. The summed E-state index contributed by atoms with van der Waals surface area (Å²) >= 11 is 0. The predicted molar refractivity (Wildman–Crippen MR) is 111 cm³/mol. The summed E-state index contributed by atoms with van der Waals surface area (Å²) in [5.74, 6) is -2.91. The van der Waals surface area contributed by atoms with Gasteiger partial charge in [0.1, 0.15) is 6.04 Å². The first-order valence-corrected chi connectivity index (χ1v) is 10.3. The smallest absolute Gasteiger partial charge is 0.320 e. The molecule has 1 aliphatic heterocycles. The van der Waals surface area contributed by atoms with Gasteiger partial charge in [0.15, 0.2) is 0 Å². The first kappa shape index (κ1) is 24.7. The Morgan fingerprint density at radius 2 is 1.45 bits per heavy atom. The molecule has 1 aromatic rings. The minimum Gasteiger partial charge on any atom is -0.480 e. The van der Waals surface area contributed by atoms with Gasteiger partial charge in [0, 0.05) is 39.3 Å². The summed E-state index contributed by atoms with van der Waals surface area (Å²) in [6.45, 7) is 1.92. The number of hydrogen-bond acceptors (Lipinski definition) is 8. The van der Waals surface area contributed by atoms with E-state index in [1.807, 2.05) is 6.07 Å². The number of rotatable bonds is 9. The van der Waals surface area contributed by atoms with E-state index in [-0.39, 0.29) is 13.1 Å². The van der Waals surface area contributed by atoms with E-state index in [4.69, 9.17) is 5.73 Å². The van der Waals surface area contributed by atoms with Crippen molar-refractivity contribution >= 4 is 17.9 Å². The second kappa shape index (κ2) is 12.3. The standard InChI is InChI=1S/C20H31N5O6/c21-6-2-5-17(20(30)31)25-9-7-23(13-18(26)27)11-15-3-1-4-16(22-15)12-24(8-10-25)14-19(28)29/h1,3-4,17H,2,5-14,21H2,(H,26,27)(H,28,29)(H,30,31). The molecule has 172 valence electrons. The average molecular weight is 437 g/mol. The molecule has 11 heteroatoms. The molecule has 1 atom stereocenters. The van der Waals surface area contributed by atoms with Gasteiger partial charge in [-0.3, -0.25) is 34.1 Å². The molecule has 11 nitrogen and oxygen atoms in total. The van der Waals surface area contributed by atoms with E-state index in [2.05, 4.69) is 4.98 Å². The number of nitrogens with two attached hydrogens (primary N) is 1. The minimum atomic E-state index is -0.972. The van der Waals surface area contributed by atoms with Gasteiger partial charge in [-0.1, -0.05) is 6.07 Å². The molecule has 2 heterocycles. The highest BCUT2D eigenvalue weighted by Gasteiger charge is 2.27. The molecule has 1 aromatic heterocycles. The molecule has 1 unspecified atom stereocenters. The number of carboxylic acid groups (broad SMARTS) is 3. The third-order valence-corrected chi connectivity index (χ3v) is 5.17. The molecular formula is C20H31N5O6. The Bertz CT molecular complexity index is 716. The Kier molecular flexibility index (Phi) is 9.79. The molecule has 2 bridgehead atoms. The lowest BCUT2D eigenvalue weighted by atomic mass is 10.1. The fraction of sp³-hybridized carbons (Fsp3) is 0.600. The van der Waals surface area contributed by atoms with Crippen molar-refractivity contribution in [3.05, 3.63) is 29.6 Å². The number of hydrogen-bond donors (Lipinski definition) is 4. The Balaban J connectivity index is 2.31. The summed E-state index contributed by atoms with van der Waals surface area (Å²) < 4.78 is 0. The first-order valence-electron chi connectivity index (χ1n) is 10.3. The molecule has 0 aromatic carbocycles. The van der Waals surface area contributed by atoms with Crippen LogP contribution in [0, 0.1) is 0 Å². The fourth-order valence-corrected chi connectivity index (χ4v) is 3.71. The molecule has 31 heavy (non-hydrogen) atoms. The van der Waals surface area contributed by atoms with Crippen molar-refractivity contribution in [2.45, 2.75) is 32.0 Å². The van der Waals surface area contributed by atoms with E-state index in [1.165, 1.54) is 0 Å². The van der Waals surface area contributed by atoms with E-state index >= 15 is 0 Å². The lowest BCUT2D eigenvalue weighted by Crippen LogP contribution is -2.49. The highest BCUT2D eigenvalue weighted by Crippen LogP contribution is 2.13. The van der Waals surface area contributed by atoms with E-state index in [0.29, 0.717) is 70.0 Å². The molecule has 2 rings (SSSR count). The second-order valence-electron chi connectivity index (χ2n) is 7.65. The largest absolute Gasteiger partial charge is 0.480 e. The van der Waals surface area contributed by atoms with Gasteiger partial charge >= 0.3 is 17.9 Å². The van der Waals surface area contributed by atoms with Crippen LogP contribution < -0.4 is 5.73 Å². The van der Waals surface area contributed by atoms with Crippen molar-refractivity contribution in [3.8, 4) is 0 Å². The lowest BCUT2D eigenvalue weighted by molar-refractivity contribution is -0.145. The van der Waals surface area contributed by atoms with Crippen molar-refractivity contribution in [1.29, 1.82) is 0 Å². The van der Waals surface area contributed by atoms with Crippen molar-refractivity contribution in [1.82, 2.24) is 19.7 Å². The highest BCUT2D eigenvalue weighted by atomic mass is 16.4. The van der Waals surface area contributed by atoms with Gasteiger partial charge in [0.2, 0.25) is 0 Å². The van der Waals surface area contributed by atoms with Crippen LogP contribution in [0.2, 0.25) is 0 Å². The molecule has 0 saturated heterocycles. The summed E-state index contributed by atoms with van der Waals surface area (Å²) in [6.07, 6.45) is 0.907. The number of aromatic nitrogens is 1. The summed E-state index contributed by atoms with van der Waals surface area (Å²) in [7, 11) is 0. The SMILES string of the molecule is NCCCC(C(=O)O)N1CCN(CC(=O)O)Cc2cccc(n2)CN(CC(=O)O)CC1. The highest BCUT2D eigenvalue weighted by molar-refractivity contribution is 5.73. The van der Waals surface area contributed by atoms with Crippen LogP contribution in [0.5, 0.6) is 0 Å². The molecular weight excluding hydrogens is 406 g/mol. The molecule has 0 saturated carbocycles. The quantitative estimate of drug-likeness (QED) is 0.389. The zero-order valence-electron chi connectivity index (χ0n) is 17.5. The van der Waals surface area contributed by atoms with Crippen LogP contribution in [0.15, 0.2) is 18.2 Å². The number of carboxylic acids is 3. The molecule has 5 N–H and O–H groups in total. The van der Waals surface area contributed by atoms with Gasteiger partial charge in [0.25, 0.3) is 0 Å². The van der Waals surface area contributed by atoms with Gasteiger partial charge in [-0.2, -0.15) is 0 Å². The van der Waals surface area contributed by atoms with Crippen LogP contribution in [0.1, 0.15) is 24.2 Å². The normalized spacial score (nSPS) is 18.0. The Morgan fingerprint density at radius 1 is 0.935 bits per heavy atom. The van der Waals surface area contributed by atoms with Crippen LogP contribution in [0.4, 0.5) is 0 Å². The molecule has 0 spiro atoms. The van der Waals surface area contributed by atoms with Crippen LogP contribution in [0.25, 0.3) is 0 Å². The maximum Gasteiger partial charge on any atom is 0.320 e. The molecule has 0 amide bonds. The van der Waals surface area contributed by atoms with Gasteiger partial charge in [0.05, 0.1) is 24.5 Å².